The Morgan fingerprint density at radius 2 is 1.90 bits per heavy atom. The van der Waals surface area contributed by atoms with Gasteiger partial charge in [-0.1, -0.05) is 34.8 Å². The lowest BCUT2D eigenvalue weighted by molar-refractivity contribution is -0.141. The number of nitrogens with one attached hydrogen (secondary N) is 1. The molecule has 0 spiro atoms. The Kier molecular flexibility index (Phi) is 6.63. The van der Waals surface area contributed by atoms with Gasteiger partial charge in [0, 0.05) is 12.5 Å². The number of hydrogen-bond donors (Lipinski definition) is 2. The van der Waals surface area contributed by atoms with E-state index in [-0.39, 0.29) is 27.2 Å². The summed E-state index contributed by atoms with van der Waals surface area (Å²) in [5.41, 5.74) is 0. The summed E-state index contributed by atoms with van der Waals surface area (Å²) in [6.07, 6.45) is 4.89. The largest absolute Gasteiger partial charge is 0.482 e. The van der Waals surface area contributed by atoms with Crippen molar-refractivity contribution in [2.75, 3.05) is 6.61 Å². The van der Waals surface area contributed by atoms with Crippen LogP contribution < -0.4 is 10.1 Å². The third kappa shape index (κ3) is 5.35. The Hall–Kier alpha value is -1.61. The van der Waals surface area contributed by atoms with Crippen LogP contribution in [-0.4, -0.2) is 29.6 Å². The van der Waals surface area contributed by atoms with Crippen LogP contribution in [0.3, 0.4) is 0 Å². The lowest BCUT2D eigenvalue weighted by atomic mass is 10.2. The first kappa shape index (κ1) is 17.4. The first-order valence-electron chi connectivity index (χ1n) is 5.58. The van der Waals surface area contributed by atoms with E-state index < -0.39 is 24.5 Å². The van der Waals surface area contributed by atoms with Crippen molar-refractivity contribution in [2.24, 2.45) is 0 Å². The number of ether oxygens (including phenoxy) is 1. The zero-order valence-electron chi connectivity index (χ0n) is 10.5. The van der Waals surface area contributed by atoms with E-state index in [1.165, 1.54) is 12.1 Å². The first-order valence-corrected chi connectivity index (χ1v) is 6.71. The van der Waals surface area contributed by atoms with Gasteiger partial charge in [-0.25, -0.2) is 4.79 Å². The number of rotatable bonds is 6. The van der Waals surface area contributed by atoms with E-state index >= 15 is 0 Å². The average molecular weight is 351 g/mol. The van der Waals surface area contributed by atoms with Crippen LogP contribution in [0.15, 0.2) is 12.1 Å². The van der Waals surface area contributed by atoms with Crippen LogP contribution in [0.2, 0.25) is 15.1 Å². The molecule has 8 heteroatoms. The summed E-state index contributed by atoms with van der Waals surface area (Å²) in [5, 5.41) is 11.7. The Bertz CT molecular complexity index is 598. The molecular formula is C13H10Cl3NO4. The molecule has 0 aromatic heterocycles. The normalized spacial score (nSPS) is 11.3. The predicted molar refractivity (Wildman–Crippen MR) is 80.0 cm³/mol. The summed E-state index contributed by atoms with van der Waals surface area (Å²) in [5.74, 6) is 0.438. The molecule has 0 aliphatic heterocycles. The van der Waals surface area contributed by atoms with Crippen LogP contribution in [-0.2, 0) is 9.59 Å². The SMILES string of the molecule is C#CCC(NC(=O)COc1cc(Cl)c(Cl)cc1Cl)C(=O)O. The number of carbonyl (C=O) groups is 2. The molecule has 1 unspecified atom stereocenters. The lowest BCUT2D eigenvalue weighted by Gasteiger charge is -2.13. The smallest absolute Gasteiger partial charge is 0.327 e. The molecule has 112 valence electrons. The Labute approximate surface area is 136 Å². The molecular weight excluding hydrogens is 341 g/mol. The van der Waals surface area contributed by atoms with Gasteiger partial charge in [-0.15, -0.1) is 12.3 Å². The second-order valence-corrected chi connectivity index (χ2v) is 5.07. The molecule has 0 saturated carbocycles. The van der Waals surface area contributed by atoms with Gasteiger partial charge in [-0.2, -0.15) is 0 Å². The van der Waals surface area contributed by atoms with E-state index in [2.05, 4.69) is 11.2 Å². The zero-order valence-corrected chi connectivity index (χ0v) is 12.8. The van der Waals surface area contributed by atoms with Gasteiger partial charge in [0.15, 0.2) is 6.61 Å². The molecule has 0 aliphatic rings. The van der Waals surface area contributed by atoms with Crippen molar-refractivity contribution in [3.8, 4) is 18.1 Å². The minimum atomic E-state index is -1.23. The fourth-order valence-corrected chi connectivity index (χ4v) is 1.90. The molecule has 1 atom stereocenters. The standard InChI is InChI=1S/C13H10Cl3NO4/c1-2-3-10(13(19)20)17-12(18)6-21-11-5-8(15)7(14)4-9(11)16/h1,4-5,10H,3,6H2,(H,17,18)(H,19,20). The third-order valence-electron chi connectivity index (χ3n) is 2.29. The molecule has 21 heavy (non-hydrogen) atoms. The van der Waals surface area contributed by atoms with Crippen LogP contribution in [0.4, 0.5) is 0 Å². The second kappa shape index (κ2) is 7.99. The van der Waals surface area contributed by atoms with E-state index in [0.29, 0.717) is 0 Å². The van der Waals surface area contributed by atoms with Gasteiger partial charge >= 0.3 is 5.97 Å². The maximum absolute atomic E-state index is 11.6. The lowest BCUT2D eigenvalue weighted by Crippen LogP contribution is -2.42. The summed E-state index contributed by atoms with van der Waals surface area (Å²) in [7, 11) is 0. The zero-order chi connectivity index (χ0) is 16.0. The number of terminal acetylenes is 1. The molecule has 2 N–H and O–H groups in total. The number of halogens is 3. The van der Waals surface area contributed by atoms with Crippen LogP contribution in [0.1, 0.15) is 6.42 Å². The fraction of sp³-hybridized carbons (Fsp3) is 0.231. The third-order valence-corrected chi connectivity index (χ3v) is 3.31. The number of carbonyl (C=O) groups excluding carboxylic acids is 1. The van der Waals surface area contributed by atoms with Crippen molar-refractivity contribution in [3.05, 3.63) is 27.2 Å². The van der Waals surface area contributed by atoms with Gasteiger partial charge < -0.3 is 15.2 Å². The number of amides is 1. The monoisotopic (exact) mass is 349 g/mol. The van der Waals surface area contributed by atoms with Gasteiger partial charge in [0.05, 0.1) is 15.1 Å². The molecule has 0 bridgehead atoms. The van der Waals surface area contributed by atoms with Crippen molar-refractivity contribution >= 4 is 46.7 Å². The average Bonchev–Trinajstić information content (AvgIpc) is 2.40. The molecule has 0 fully saturated rings. The van der Waals surface area contributed by atoms with E-state index in [1.807, 2.05) is 0 Å². The predicted octanol–water partition coefficient (Wildman–Crippen LogP) is 2.62. The highest BCUT2D eigenvalue weighted by molar-refractivity contribution is 6.43. The fourth-order valence-electron chi connectivity index (χ4n) is 1.31. The number of benzene rings is 1. The Balaban J connectivity index is 2.63. The van der Waals surface area contributed by atoms with Crippen molar-refractivity contribution < 1.29 is 19.4 Å². The van der Waals surface area contributed by atoms with Crippen LogP contribution >= 0.6 is 34.8 Å². The molecule has 1 rings (SSSR count). The molecule has 1 aromatic rings. The van der Waals surface area contributed by atoms with Crippen molar-refractivity contribution in [1.82, 2.24) is 5.32 Å². The number of hydrogen-bond acceptors (Lipinski definition) is 3. The molecule has 5 nitrogen and oxygen atoms in total. The number of carboxylic acid groups (broad SMARTS) is 1. The van der Waals surface area contributed by atoms with Gasteiger partial charge in [-0.05, 0) is 6.07 Å². The van der Waals surface area contributed by atoms with E-state index in [0.717, 1.165) is 0 Å². The second-order valence-electron chi connectivity index (χ2n) is 3.85. The van der Waals surface area contributed by atoms with Gasteiger partial charge in [0.1, 0.15) is 11.8 Å². The minimum Gasteiger partial charge on any atom is -0.482 e. The van der Waals surface area contributed by atoms with E-state index in [4.69, 9.17) is 51.1 Å². The van der Waals surface area contributed by atoms with E-state index in [1.54, 1.807) is 0 Å². The first-order chi connectivity index (χ1) is 9.85. The highest BCUT2D eigenvalue weighted by Crippen LogP contribution is 2.33. The van der Waals surface area contributed by atoms with Gasteiger partial charge in [0.25, 0.3) is 5.91 Å². The summed E-state index contributed by atoms with van der Waals surface area (Å²) in [6.45, 7) is -0.438. The number of carboxylic acids is 1. The summed E-state index contributed by atoms with van der Waals surface area (Å²) in [6, 6.07) is 1.56. The van der Waals surface area contributed by atoms with Crippen molar-refractivity contribution in [3.63, 3.8) is 0 Å². The molecule has 0 heterocycles. The van der Waals surface area contributed by atoms with Crippen molar-refractivity contribution in [1.29, 1.82) is 0 Å². The summed E-state index contributed by atoms with van der Waals surface area (Å²) in [4.78, 5) is 22.4. The minimum absolute atomic E-state index is 0.130. The number of aliphatic carboxylic acids is 1. The molecule has 0 radical (unpaired) electrons. The Morgan fingerprint density at radius 3 is 2.48 bits per heavy atom. The summed E-state index contributed by atoms with van der Waals surface area (Å²) >= 11 is 17.4. The molecule has 0 aliphatic carbocycles. The highest BCUT2D eigenvalue weighted by atomic mass is 35.5. The van der Waals surface area contributed by atoms with Crippen molar-refractivity contribution in [2.45, 2.75) is 12.5 Å². The van der Waals surface area contributed by atoms with Crippen LogP contribution in [0, 0.1) is 12.3 Å². The molecule has 1 aromatic carbocycles. The highest BCUT2D eigenvalue weighted by Gasteiger charge is 2.19. The quantitative estimate of drug-likeness (QED) is 0.611. The summed E-state index contributed by atoms with van der Waals surface area (Å²) < 4.78 is 5.16. The van der Waals surface area contributed by atoms with Crippen LogP contribution in [0.5, 0.6) is 5.75 Å². The van der Waals surface area contributed by atoms with E-state index in [9.17, 15) is 9.59 Å². The molecule has 0 saturated heterocycles. The van der Waals surface area contributed by atoms with Gasteiger partial charge in [-0.3, -0.25) is 4.79 Å². The molecule has 1 amide bonds. The van der Waals surface area contributed by atoms with Crippen LogP contribution in [0.25, 0.3) is 0 Å². The Morgan fingerprint density at radius 1 is 1.29 bits per heavy atom. The van der Waals surface area contributed by atoms with Gasteiger partial charge in [0.2, 0.25) is 0 Å². The topological polar surface area (TPSA) is 75.6 Å². The maximum Gasteiger partial charge on any atom is 0.327 e. The maximum atomic E-state index is 11.6.